The summed E-state index contributed by atoms with van der Waals surface area (Å²) in [6.45, 7) is 1.05. The molecule has 9 heteroatoms. The van der Waals surface area contributed by atoms with Crippen LogP contribution < -0.4 is 5.32 Å². The fraction of sp³-hybridized carbons (Fsp3) is 0.238. The number of aromatic nitrogens is 2. The van der Waals surface area contributed by atoms with Crippen molar-refractivity contribution in [3.8, 4) is 11.3 Å². The first-order valence-electron chi connectivity index (χ1n) is 9.58. The van der Waals surface area contributed by atoms with E-state index in [0.717, 1.165) is 59.1 Å². The van der Waals surface area contributed by atoms with Gasteiger partial charge in [-0.2, -0.15) is 13.8 Å². The lowest BCUT2D eigenvalue weighted by Gasteiger charge is -2.16. The number of rotatable bonds is 8. The topological polar surface area (TPSA) is 85.7 Å². The molecule has 30 heavy (non-hydrogen) atoms. The minimum absolute atomic E-state index is 0.0851. The van der Waals surface area contributed by atoms with Crippen LogP contribution in [-0.4, -0.2) is 41.1 Å². The molecule has 3 aromatic rings. The maximum atomic E-state index is 13.0. The first kappa shape index (κ1) is 20.1. The smallest absolute Gasteiger partial charge is 0.238 e. The molecule has 1 amide bonds. The average Bonchev–Trinajstić information content (AvgIpc) is 3.38. The molecule has 0 saturated heterocycles. The molecule has 7 nitrogen and oxygen atoms in total. The van der Waals surface area contributed by atoms with Crippen molar-refractivity contribution in [1.82, 2.24) is 15.1 Å². The molecule has 154 valence electrons. The monoisotopic (exact) mass is 424 g/mol. The molecule has 0 saturated carbocycles. The molecule has 1 aromatic heterocycles. The number of likely N-dealkylation sites (N-methyl/N-ethyl adjacent to an activating group) is 1. The standard InChI is InChI=1S/C21H21FN6OS/c1-28(13-20(29)23-17-5-2-6-18-21(17)27-30-26-18)11-3-4-16-12-19(25-24-16)14-7-9-15(22)10-8-14/h2,5-10,12H,3-4,11,13H2,1H3,(H,23,29)(H,24,25). The van der Waals surface area contributed by atoms with Gasteiger partial charge in [-0.3, -0.25) is 14.8 Å². The Balaban J connectivity index is 1.23. The number of fused-ring (bicyclic) bond motifs is 1. The predicted octanol–water partition coefficient (Wildman–Crippen LogP) is 4.45. The molecule has 0 aliphatic carbocycles. The largest absolute Gasteiger partial charge is 0.323 e. The van der Waals surface area contributed by atoms with Gasteiger partial charge in [0.15, 0.2) is 0 Å². The number of anilines is 1. The molecule has 0 spiro atoms. The summed E-state index contributed by atoms with van der Waals surface area (Å²) in [5.74, 6) is -0.348. The summed E-state index contributed by atoms with van der Waals surface area (Å²) in [6.07, 6.45) is 1.68. The minimum atomic E-state index is -0.262. The molecule has 2 aromatic carbocycles. The molecule has 2 heterocycles. The van der Waals surface area contributed by atoms with Crippen molar-refractivity contribution in [2.45, 2.75) is 12.8 Å². The number of nitrogens with zero attached hydrogens (tertiary/aromatic N) is 4. The maximum Gasteiger partial charge on any atom is 0.238 e. The van der Waals surface area contributed by atoms with E-state index < -0.39 is 0 Å². The molecule has 0 fully saturated rings. The predicted molar refractivity (Wildman–Crippen MR) is 116 cm³/mol. The van der Waals surface area contributed by atoms with Crippen molar-refractivity contribution in [2.75, 3.05) is 25.5 Å². The molecule has 0 unspecified atom stereocenters. The van der Waals surface area contributed by atoms with Crippen LogP contribution in [0.5, 0.6) is 0 Å². The highest BCUT2D eigenvalue weighted by molar-refractivity contribution is 7.58. The summed E-state index contributed by atoms with van der Waals surface area (Å²) < 4.78 is 21.5. The first-order valence-corrected chi connectivity index (χ1v) is 10.3. The fourth-order valence-corrected chi connectivity index (χ4v) is 3.77. The molecular weight excluding hydrogens is 403 g/mol. The van der Waals surface area contributed by atoms with E-state index in [4.69, 9.17) is 0 Å². The van der Waals surface area contributed by atoms with Gasteiger partial charge in [-0.15, -0.1) is 0 Å². The summed E-state index contributed by atoms with van der Waals surface area (Å²) in [4.78, 5) is 14.3. The summed E-state index contributed by atoms with van der Waals surface area (Å²) in [6, 6.07) is 13.8. The van der Waals surface area contributed by atoms with Gasteiger partial charge in [0.05, 0.1) is 29.3 Å². The van der Waals surface area contributed by atoms with E-state index in [1.165, 1.54) is 12.1 Å². The van der Waals surface area contributed by atoms with Crippen LogP contribution in [-0.2, 0) is 22.6 Å². The Morgan fingerprint density at radius 3 is 2.87 bits per heavy atom. The van der Waals surface area contributed by atoms with E-state index >= 15 is 0 Å². The van der Waals surface area contributed by atoms with Crippen molar-refractivity contribution in [3.63, 3.8) is 0 Å². The van der Waals surface area contributed by atoms with Crippen molar-refractivity contribution < 1.29 is 9.18 Å². The fourth-order valence-electron chi connectivity index (χ4n) is 3.22. The second-order valence-corrected chi connectivity index (χ2v) is 7.64. The number of nitrogens with one attached hydrogen (secondary N) is 2. The second kappa shape index (κ2) is 9.10. The summed E-state index contributed by atoms with van der Waals surface area (Å²) in [5, 5.41) is 10.2. The number of benzene rings is 2. The lowest BCUT2D eigenvalue weighted by molar-refractivity contribution is -0.117. The van der Waals surface area contributed by atoms with E-state index in [-0.39, 0.29) is 18.3 Å². The number of carbonyl (C=O) groups excluding carboxylic acids is 1. The van der Waals surface area contributed by atoms with Gasteiger partial charge in [0.25, 0.3) is 0 Å². The number of amides is 1. The number of carbonyl (C=O) groups is 1. The Morgan fingerprint density at radius 2 is 2.03 bits per heavy atom. The zero-order valence-corrected chi connectivity index (χ0v) is 17.2. The quantitative estimate of drug-likeness (QED) is 0.438. The second-order valence-electron chi connectivity index (χ2n) is 7.11. The molecule has 0 atom stereocenters. The molecule has 4 rings (SSSR count). The third-order valence-electron chi connectivity index (χ3n) is 4.73. The van der Waals surface area contributed by atoms with Crippen molar-refractivity contribution in [2.24, 2.45) is 8.73 Å². The van der Waals surface area contributed by atoms with Crippen molar-refractivity contribution >= 4 is 34.3 Å². The van der Waals surface area contributed by atoms with E-state index in [2.05, 4.69) is 24.2 Å². The molecule has 1 aliphatic heterocycles. The zero-order chi connectivity index (χ0) is 20.9. The highest BCUT2D eigenvalue weighted by atomic mass is 32.1. The Morgan fingerprint density at radius 1 is 1.20 bits per heavy atom. The number of hydrogen-bond donors (Lipinski definition) is 2. The van der Waals surface area contributed by atoms with Crippen LogP contribution >= 0.6 is 0 Å². The summed E-state index contributed by atoms with van der Waals surface area (Å²) in [5.41, 5.74) is 4.86. The van der Waals surface area contributed by atoms with E-state index in [0.29, 0.717) is 5.69 Å². The van der Waals surface area contributed by atoms with E-state index in [9.17, 15) is 9.18 Å². The number of H-pyrrole nitrogens is 1. The van der Waals surface area contributed by atoms with E-state index in [1.54, 1.807) is 12.1 Å². The highest BCUT2D eigenvalue weighted by Gasteiger charge is 2.14. The van der Waals surface area contributed by atoms with Gasteiger partial charge in [-0.1, -0.05) is 6.07 Å². The van der Waals surface area contributed by atoms with Crippen LogP contribution in [0, 0.1) is 5.82 Å². The highest BCUT2D eigenvalue weighted by Crippen LogP contribution is 2.38. The van der Waals surface area contributed by atoms with Crippen LogP contribution in [0.15, 0.2) is 57.3 Å². The van der Waals surface area contributed by atoms with Gasteiger partial charge in [-0.25, -0.2) is 4.39 Å². The van der Waals surface area contributed by atoms with Crippen molar-refractivity contribution in [1.29, 1.82) is 0 Å². The molecule has 2 N–H and O–H groups in total. The third kappa shape index (κ3) is 4.87. The Kier molecular flexibility index (Phi) is 6.10. The first-order chi connectivity index (χ1) is 14.6. The number of aryl methyl sites for hydroxylation is 1. The van der Waals surface area contributed by atoms with Gasteiger partial charge in [0.2, 0.25) is 5.91 Å². The van der Waals surface area contributed by atoms with Crippen LogP contribution in [0.25, 0.3) is 11.3 Å². The average molecular weight is 425 g/mol. The SMILES string of the molecule is CN(CCCc1cc(-c2ccc(F)cc2)n[nH]1)CC(=O)Nc1cccc2c1N=S=N2. The van der Waals surface area contributed by atoms with Crippen LogP contribution in [0.1, 0.15) is 12.1 Å². The molecular formula is C21H21FN6OS. The summed E-state index contributed by atoms with van der Waals surface area (Å²) in [7, 11) is 1.92. The van der Waals surface area contributed by atoms with Crippen LogP contribution in [0.2, 0.25) is 0 Å². The van der Waals surface area contributed by atoms with Gasteiger partial charge in [0.1, 0.15) is 17.2 Å². The number of hydrogen-bond acceptors (Lipinski definition) is 5. The van der Waals surface area contributed by atoms with Gasteiger partial charge in [-0.05, 0) is 68.9 Å². The number of halogens is 1. The Bertz CT molecular complexity index is 1120. The van der Waals surface area contributed by atoms with Crippen LogP contribution in [0.3, 0.4) is 0 Å². The zero-order valence-electron chi connectivity index (χ0n) is 16.4. The lowest BCUT2D eigenvalue weighted by Crippen LogP contribution is -2.31. The molecule has 0 radical (unpaired) electrons. The summed E-state index contributed by atoms with van der Waals surface area (Å²) >= 11 is 1.13. The minimum Gasteiger partial charge on any atom is -0.323 e. The van der Waals surface area contributed by atoms with Crippen molar-refractivity contribution in [3.05, 3.63) is 60.0 Å². The van der Waals surface area contributed by atoms with Gasteiger partial charge in [0, 0.05) is 11.3 Å². The van der Waals surface area contributed by atoms with Gasteiger partial charge >= 0.3 is 0 Å². The van der Waals surface area contributed by atoms with Gasteiger partial charge < -0.3 is 5.32 Å². The van der Waals surface area contributed by atoms with E-state index in [1.807, 2.05) is 36.2 Å². The van der Waals surface area contributed by atoms with Crippen LogP contribution in [0.4, 0.5) is 21.5 Å². The Labute approximate surface area is 177 Å². The lowest BCUT2D eigenvalue weighted by atomic mass is 10.1. The molecule has 0 bridgehead atoms. The number of aromatic amines is 1. The Hall–Kier alpha value is -3.17. The normalized spacial score (nSPS) is 12.1. The maximum absolute atomic E-state index is 13.0. The molecule has 1 aliphatic rings. The third-order valence-corrected chi connectivity index (χ3v) is 5.27.